The highest BCUT2D eigenvalue weighted by Crippen LogP contribution is 2.33. The van der Waals surface area contributed by atoms with Crippen LogP contribution in [0.4, 0.5) is 0 Å². The average molecular weight is 513 g/mol. The van der Waals surface area contributed by atoms with E-state index >= 15 is 0 Å². The van der Waals surface area contributed by atoms with Gasteiger partial charge in [-0.15, -0.1) is 0 Å². The van der Waals surface area contributed by atoms with Gasteiger partial charge in [0.1, 0.15) is 5.75 Å². The van der Waals surface area contributed by atoms with E-state index in [9.17, 15) is 9.59 Å². The summed E-state index contributed by atoms with van der Waals surface area (Å²) in [6.07, 6.45) is 3.68. The molecule has 1 aliphatic heterocycles. The molecular weight excluding hydrogens is 484 g/mol. The number of fused-ring (bicyclic) bond motifs is 1. The zero-order valence-electron chi connectivity index (χ0n) is 20.7. The van der Waals surface area contributed by atoms with Crippen molar-refractivity contribution in [3.05, 3.63) is 106 Å². The summed E-state index contributed by atoms with van der Waals surface area (Å²) in [7, 11) is 1.63. The van der Waals surface area contributed by atoms with Crippen LogP contribution in [0.1, 0.15) is 36.2 Å². The summed E-state index contributed by atoms with van der Waals surface area (Å²) < 4.78 is 5.31. The first-order valence-electron chi connectivity index (χ1n) is 12.2. The molecule has 2 N–H and O–H groups in total. The molecular formula is C29H28N4O3S. The Balaban J connectivity index is 1.41. The summed E-state index contributed by atoms with van der Waals surface area (Å²) in [6, 6.07) is 23.4. The van der Waals surface area contributed by atoms with Crippen molar-refractivity contribution in [1.82, 2.24) is 20.4 Å². The highest BCUT2D eigenvalue weighted by Gasteiger charge is 2.31. The smallest absolute Gasteiger partial charge is 0.252 e. The summed E-state index contributed by atoms with van der Waals surface area (Å²) in [5.41, 5.74) is 6.68. The number of carbonyl (C=O) groups excluding carboxylic acids is 1. The molecule has 0 fully saturated rings. The first kappa shape index (κ1) is 24.6. The van der Waals surface area contributed by atoms with Gasteiger partial charge in [-0.1, -0.05) is 73.6 Å². The van der Waals surface area contributed by atoms with Crippen LogP contribution in [0.2, 0.25) is 0 Å². The lowest BCUT2D eigenvalue weighted by molar-refractivity contribution is -0.131. The van der Waals surface area contributed by atoms with Gasteiger partial charge in [0.05, 0.1) is 24.6 Å². The molecule has 2 heterocycles. The van der Waals surface area contributed by atoms with Crippen molar-refractivity contribution in [2.75, 3.05) is 12.9 Å². The second kappa shape index (κ2) is 10.9. The van der Waals surface area contributed by atoms with E-state index < -0.39 is 0 Å². The number of H-pyrrole nitrogens is 1. The second-order valence-corrected chi connectivity index (χ2v) is 9.78. The number of nitrogens with one attached hydrogen (secondary N) is 2. The van der Waals surface area contributed by atoms with E-state index in [-0.39, 0.29) is 23.3 Å². The molecule has 4 aromatic rings. The van der Waals surface area contributed by atoms with Crippen LogP contribution in [-0.2, 0) is 11.2 Å². The van der Waals surface area contributed by atoms with Crippen LogP contribution < -0.4 is 15.7 Å². The molecule has 0 aliphatic carbocycles. The van der Waals surface area contributed by atoms with Crippen LogP contribution in [0.3, 0.4) is 0 Å². The van der Waals surface area contributed by atoms with Crippen molar-refractivity contribution in [1.29, 1.82) is 0 Å². The second-order valence-electron chi connectivity index (χ2n) is 8.82. The largest absolute Gasteiger partial charge is 0.497 e. The number of amides is 1. The average Bonchev–Trinajstić information content (AvgIpc) is 3.37. The number of aromatic nitrogens is 2. The molecule has 1 amide bonds. The van der Waals surface area contributed by atoms with Gasteiger partial charge in [0.2, 0.25) is 0 Å². The third-order valence-corrected chi connectivity index (χ3v) is 7.10. The van der Waals surface area contributed by atoms with E-state index in [2.05, 4.69) is 51.8 Å². The number of rotatable bonds is 8. The van der Waals surface area contributed by atoms with Crippen molar-refractivity contribution in [2.24, 2.45) is 0 Å². The summed E-state index contributed by atoms with van der Waals surface area (Å²) >= 11 is 1.23. The monoisotopic (exact) mass is 512 g/mol. The molecule has 0 radical (unpaired) electrons. The molecule has 0 saturated carbocycles. The van der Waals surface area contributed by atoms with Crippen molar-refractivity contribution >= 4 is 34.1 Å². The Kier molecular flexibility index (Phi) is 7.28. The number of thioether (sulfide) groups is 1. The maximum absolute atomic E-state index is 13.5. The molecule has 5 rings (SSSR count). The van der Waals surface area contributed by atoms with Crippen molar-refractivity contribution < 1.29 is 9.53 Å². The molecule has 0 unspecified atom stereocenters. The molecule has 3 aromatic carbocycles. The Morgan fingerprint density at radius 1 is 1.05 bits per heavy atom. The maximum Gasteiger partial charge on any atom is 0.252 e. The van der Waals surface area contributed by atoms with Gasteiger partial charge >= 0.3 is 0 Å². The Hall–Kier alpha value is -4.04. The van der Waals surface area contributed by atoms with Crippen LogP contribution in [0.15, 0.2) is 88.8 Å². The number of aromatic amines is 1. The molecule has 0 spiro atoms. The van der Waals surface area contributed by atoms with E-state index in [1.807, 2.05) is 43.3 Å². The number of benzene rings is 3. The van der Waals surface area contributed by atoms with Crippen LogP contribution in [0.25, 0.3) is 16.5 Å². The Bertz CT molecular complexity index is 1510. The standard InChI is InChI=1S/C29H28N4O3S/c1-3-6-23-16-27(34)31-29(30-23)37-18-28(35)33-26(20-11-13-24(36-2)14-12-20)17-25(32-33)22-10-9-19-7-4-5-8-21(19)15-22/h4-5,7-17,26,32H,3,6,18H2,1-2H3,(H,30,31,34)/t26-/m1/s1. The first-order valence-corrected chi connectivity index (χ1v) is 13.2. The molecule has 1 atom stereocenters. The number of methoxy groups -OCH3 is 1. The van der Waals surface area contributed by atoms with Crippen molar-refractivity contribution in [2.45, 2.75) is 31.0 Å². The number of nitrogens with zero attached hydrogens (tertiary/aromatic N) is 2. The van der Waals surface area contributed by atoms with Crippen LogP contribution >= 0.6 is 11.8 Å². The molecule has 8 heteroatoms. The molecule has 37 heavy (non-hydrogen) atoms. The third kappa shape index (κ3) is 5.54. The van der Waals surface area contributed by atoms with Crippen LogP contribution in [0.5, 0.6) is 5.75 Å². The fraction of sp³-hybridized carbons (Fsp3) is 0.207. The van der Waals surface area contributed by atoms with Gasteiger partial charge in [-0.05, 0) is 52.6 Å². The Morgan fingerprint density at radius 3 is 2.59 bits per heavy atom. The van der Waals surface area contributed by atoms with Gasteiger partial charge in [-0.2, -0.15) is 0 Å². The lowest BCUT2D eigenvalue weighted by atomic mass is 10.0. The predicted octanol–water partition coefficient (Wildman–Crippen LogP) is 5.11. The third-order valence-electron chi connectivity index (χ3n) is 6.24. The van der Waals surface area contributed by atoms with Gasteiger partial charge in [0, 0.05) is 11.8 Å². The van der Waals surface area contributed by atoms with Gasteiger partial charge < -0.3 is 9.72 Å². The van der Waals surface area contributed by atoms with E-state index in [1.54, 1.807) is 12.1 Å². The lowest BCUT2D eigenvalue weighted by Gasteiger charge is -2.25. The number of hydrogen-bond donors (Lipinski definition) is 2. The molecule has 1 aromatic heterocycles. The van der Waals surface area contributed by atoms with Crippen molar-refractivity contribution in [3.8, 4) is 5.75 Å². The molecule has 188 valence electrons. The zero-order chi connectivity index (χ0) is 25.8. The first-order chi connectivity index (χ1) is 18.0. The fourth-order valence-electron chi connectivity index (χ4n) is 4.39. The van der Waals surface area contributed by atoms with Crippen LogP contribution in [-0.4, -0.2) is 33.7 Å². The number of carbonyl (C=O) groups is 1. The highest BCUT2D eigenvalue weighted by molar-refractivity contribution is 7.99. The number of hydrazine groups is 1. The summed E-state index contributed by atoms with van der Waals surface area (Å²) in [5.74, 6) is 0.752. The highest BCUT2D eigenvalue weighted by atomic mass is 32.2. The molecule has 0 bridgehead atoms. The molecule has 1 aliphatic rings. The minimum atomic E-state index is -0.307. The number of hydrogen-bond acceptors (Lipinski definition) is 6. The Morgan fingerprint density at radius 2 is 1.84 bits per heavy atom. The molecule has 7 nitrogen and oxygen atoms in total. The van der Waals surface area contributed by atoms with Gasteiger partial charge in [-0.3, -0.25) is 15.0 Å². The maximum atomic E-state index is 13.5. The normalized spacial score (nSPS) is 14.9. The minimum Gasteiger partial charge on any atom is -0.497 e. The topological polar surface area (TPSA) is 87.3 Å². The lowest BCUT2D eigenvalue weighted by Crippen LogP contribution is -2.40. The number of ether oxygens (including phenoxy) is 1. The van der Waals surface area contributed by atoms with Gasteiger partial charge in [0.15, 0.2) is 5.16 Å². The van der Waals surface area contributed by atoms with Gasteiger partial charge in [0.25, 0.3) is 11.5 Å². The van der Waals surface area contributed by atoms with Gasteiger partial charge in [-0.25, -0.2) is 9.99 Å². The summed E-state index contributed by atoms with van der Waals surface area (Å²) in [6.45, 7) is 2.04. The zero-order valence-corrected chi connectivity index (χ0v) is 21.5. The minimum absolute atomic E-state index is 0.122. The van der Waals surface area contributed by atoms with Crippen LogP contribution in [0, 0.1) is 0 Å². The van der Waals surface area contributed by atoms with Crippen molar-refractivity contribution in [3.63, 3.8) is 0 Å². The van der Waals surface area contributed by atoms with E-state index in [4.69, 9.17) is 4.74 Å². The molecule has 0 saturated heterocycles. The number of aryl methyl sites for hydroxylation is 1. The van der Waals surface area contributed by atoms with E-state index in [0.717, 1.165) is 51.9 Å². The summed E-state index contributed by atoms with van der Waals surface area (Å²) in [4.78, 5) is 32.7. The summed E-state index contributed by atoms with van der Waals surface area (Å²) in [5, 5.41) is 4.39. The SMILES string of the molecule is CCCc1cc(=O)[nH]c(SCC(=O)N2NC(c3ccc4ccccc4c3)=C[C@@H]2c2ccc(OC)cc2)n1. The quantitative estimate of drug-likeness (QED) is 0.252. The predicted molar refractivity (Wildman–Crippen MR) is 147 cm³/mol. The van der Waals surface area contributed by atoms with E-state index in [1.165, 1.54) is 17.8 Å². The van der Waals surface area contributed by atoms with E-state index in [0.29, 0.717) is 5.16 Å². The Labute approximate surface area is 219 Å². The fourth-order valence-corrected chi connectivity index (χ4v) is 5.14.